The predicted molar refractivity (Wildman–Crippen MR) is 77.8 cm³/mol. The van der Waals surface area contributed by atoms with E-state index in [1.807, 2.05) is 25.1 Å². The molecule has 1 N–H and O–H groups in total. The van der Waals surface area contributed by atoms with E-state index in [4.69, 9.17) is 0 Å². The van der Waals surface area contributed by atoms with Crippen LogP contribution in [0.3, 0.4) is 0 Å². The fourth-order valence-corrected chi connectivity index (χ4v) is 2.98. The van der Waals surface area contributed by atoms with Crippen LogP contribution in [0.4, 0.5) is 0 Å². The highest BCUT2D eigenvalue weighted by Gasteiger charge is 2.38. The molecule has 2 heteroatoms. The summed E-state index contributed by atoms with van der Waals surface area (Å²) in [6.07, 6.45) is 8.47. The summed E-state index contributed by atoms with van der Waals surface area (Å²) in [7, 11) is 0. The summed E-state index contributed by atoms with van der Waals surface area (Å²) in [4.78, 5) is 4.40. The highest BCUT2D eigenvalue weighted by atomic mass is 15.0. The van der Waals surface area contributed by atoms with Crippen LogP contribution >= 0.6 is 0 Å². The summed E-state index contributed by atoms with van der Waals surface area (Å²) < 4.78 is 0. The highest BCUT2D eigenvalue weighted by molar-refractivity contribution is 5.34. The quantitative estimate of drug-likeness (QED) is 0.718. The van der Waals surface area contributed by atoms with Crippen molar-refractivity contribution >= 4 is 0 Å². The van der Waals surface area contributed by atoms with E-state index in [2.05, 4.69) is 28.2 Å². The Hall–Kier alpha value is -1.59. The molecule has 1 aliphatic heterocycles. The minimum absolute atomic E-state index is 0.424. The van der Waals surface area contributed by atoms with Crippen molar-refractivity contribution in [2.45, 2.75) is 44.6 Å². The van der Waals surface area contributed by atoms with Gasteiger partial charge in [0.05, 0.1) is 0 Å². The lowest BCUT2D eigenvalue weighted by atomic mass is 9.70. The third kappa shape index (κ3) is 2.88. The van der Waals surface area contributed by atoms with Gasteiger partial charge < -0.3 is 5.32 Å². The number of aromatic nitrogens is 1. The number of nitrogens with one attached hydrogen (secondary N) is 1. The van der Waals surface area contributed by atoms with Gasteiger partial charge >= 0.3 is 0 Å². The van der Waals surface area contributed by atoms with Crippen molar-refractivity contribution in [2.75, 3.05) is 6.54 Å². The number of rotatable bonds is 0. The number of hydrogen-bond acceptors (Lipinski definition) is 2. The van der Waals surface area contributed by atoms with Crippen molar-refractivity contribution in [2.24, 2.45) is 0 Å². The topological polar surface area (TPSA) is 24.9 Å². The van der Waals surface area contributed by atoms with Crippen molar-refractivity contribution in [3.05, 3.63) is 41.2 Å². The predicted octanol–water partition coefficient (Wildman–Crippen LogP) is 2.97. The third-order valence-corrected chi connectivity index (χ3v) is 4.19. The van der Waals surface area contributed by atoms with Gasteiger partial charge in [0.1, 0.15) is 5.69 Å². The monoisotopic (exact) mass is 252 g/mol. The lowest BCUT2D eigenvalue weighted by Crippen LogP contribution is -2.53. The van der Waals surface area contributed by atoms with Crippen LogP contribution in [0, 0.1) is 18.8 Å². The molecule has 2 aliphatic rings. The Bertz CT molecular complexity index is 556. The molecule has 2 fully saturated rings. The minimum Gasteiger partial charge on any atom is -0.311 e. The van der Waals surface area contributed by atoms with Crippen LogP contribution in [0.15, 0.2) is 29.8 Å². The molecule has 0 unspecified atom stereocenters. The molecule has 0 atom stereocenters. The fourth-order valence-electron chi connectivity index (χ4n) is 2.98. The summed E-state index contributed by atoms with van der Waals surface area (Å²) in [5.41, 5.74) is 3.81. The van der Waals surface area contributed by atoms with Gasteiger partial charge in [-0.2, -0.15) is 0 Å². The van der Waals surface area contributed by atoms with E-state index in [-0.39, 0.29) is 0 Å². The number of nitrogens with zero attached hydrogens (tertiary/aromatic N) is 1. The number of allylic oxidation sites excluding steroid dienone is 1. The van der Waals surface area contributed by atoms with E-state index in [9.17, 15) is 0 Å². The van der Waals surface area contributed by atoms with Crippen LogP contribution in [0.5, 0.6) is 0 Å². The molecule has 0 radical (unpaired) electrons. The van der Waals surface area contributed by atoms with Gasteiger partial charge in [-0.3, -0.25) is 0 Å². The van der Waals surface area contributed by atoms with Crippen LogP contribution in [0.25, 0.3) is 0 Å². The fraction of sp³-hybridized carbons (Fsp3) is 0.471. The molecule has 1 aromatic heterocycles. The van der Waals surface area contributed by atoms with Gasteiger partial charge in [0, 0.05) is 11.2 Å². The van der Waals surface area contributed by atoms with Gasteiger partial charge in [-0.05, 0) is 69.7 Å². The van der Waals surface area contributed by atoms with Crippen LogP contribution in [-0.2, 0) is 0 Å². The van der Waals surface area contributed by atoms with E-state index in [1.54, 1.807) is 0 Å². The van der Waals surface area contributed by atoms with Crippen LogP contribution in [0.1, 0.15) is 43.5 Å². The molecular formula is C17H20N2. The van der Waals surface area contributed by atoms with E-state index in [0.29, 0.717) is 5.54 Å². The van der Waals surface area contributed by atoms with Gasteiger partial charge in [-0.15, -0.1) is 0 Å². The zero-order valence-electron chi connectivity index (χ0n) is 11.5. The SMILES string of the molecule is Cc1cccc(C#C/C=C2\CCNC3(CCC3)C2)n1. The van der Waals surface area contributed by atoms with E-state index < -0.39 is 0 Å². The number of pyridine rings is 1. The number of piperidine rings is 1. The minimum atomic E-state index is 0.424. The van der Waals surface area contributed by atoms with Gasteiger partial charge in [-0.25, -0.2) is 4.98 Å². The Labute approximate surface area is 115 Å². The van der Waals surface area contributed by atoms with Crippen molar-refractivity contribution in [1.82, 2.24) is 10.3 Å². The van der Waals surface area contributed by atoms with Gasteiger partial charge in [0.25, 0.3) is 0 Å². The molecule has 1 aromatic rings. The average molecular weight is 252 g/mol. The summed E-state index contributed by atoms with van der Waals surface area (Å²) in [5, 5.41) is 3.68. The summed E-state index contributed by atoms with van der Waals surface area (Å²) >= 11 is 0. The molecule has 1 saturated heterocycles. The Kier molecular flexibility index (Phi) is 3.40. The maximum atomic E-state index is 4.40. The summed E-state index contributed by atoms with van der Waals surface area (Å²) in [6.45, 7) is 3.10. The average Bonchev–Trinajstić information content (AvgIpc) is 2.37. The van der Waals surface area contributed by atoms with E-state index in [1.165, 1.54) is 31.3 Å². The molecule has 0 aromatic carbocycles. The molecule has 0 bridgehead atoms. The molecule has 98 valence electrons. The Morgan fingerprint density at radius 2 is 2.26 bits per heavy atom. The van der Waals surface area contributed by atoms with Gasteiger partial charge in [0.2, 0.25) is 0 Å². The second kappa shape index (κ2) is 5.19. The molecule has 3 rings (SSSR count). The second-order valence-corrected chi connectivity index (χ2v) is 5.72. The summed E-state index contributed by atoms with van der Waals surface area (Å²) in [5.74, 6) is 6.32. The first-order valence-corrected chi connectivity index (χ1v) is 7.14. The Morgan fingerprint density at radius 1 is 1.37 bits per heavy atom. The van der Waals surface area contributed by atoms with Crippen LogP contribution < -0.4 is 5.32 Å². The second-order valence-electron chi connectivity index (χ2n) is 5.72. The first-order valence-electron chi connectivity index (χ1n) is 7.14. The van der Waals surface area contributed by atoms with E-state index in [0.717, 1.165) is 24.4 Å². The Morgan fingerprint density at radius 3 is 3.00 bits per heavy atom. The molecule has 19 heavy (non-hydrogen) atoms. The highest BCUT2D eigenvalue weighted by Crippen LogP contribution is 2.39. The first-order chi connectivity index (χ1) is 9.26. The zero-order chi connectivity index (χ0) is 13.1. The number of aryl methyl sites for hydroxylation is 1. The van der Waals surface area contributed by atoms with Gasteiger partial charge in [-0.1, -0.05) is 17.6 Å². The van der Waals surface area contributed by atoms with Crippen molar-refractivity contribution in [3.63, 3.8) is 0 Å². The lowest BCUT2D eigenvalue weighted by molar-refractivity contribution is 0.167. The van der Waals surface area contributed by atoms with E-state index >= 15 is 0 Å². The molecule has 2 heterocycles. The molecule has 1 aliphatic carbocycles. The first kappa shape index (κ1) is 12.4. The molecular weight excluding hydrogens is 232 g/mol. The van der Waals surface area contributed by atoms with Crippen molar-refractivity contribution in [3.8, 4) is 11.8 Å². The normalized spacial score (nSPS) is 22.7. The smallest absolute Gasteiger partial charge is 0.113 e. The van der Waals surface area contributed by atoms with Crippen molar-refractivity contribution in [1.29, 1.82) is 0 Å². The maximum absolute atomic E-state index is 4.40. The van der Waals surface area contributed by atoms with Gasteiger partial charge in [0.15, 0.2) is 0 Å². The molecule has 1 saturated carbocycles. The standard InChI is InChI=1S/C17H20N2/c1-14-5-2-7-16(19-14)8-3-6-15-9-12-18-17(13-15)10-4-11-17/h2,5-7,18H,4,9-13H2,1H3/b15-6+. The molecule has 0 amide bonds. The lowest BCUT2D eigenvalue weighted by Gasteiger charge is -2.46. The number of hydrogen-bond donors (Lipinski definition) is 1. The zero-order valence-corrected chi connectivity index (χ0v) is 11.5. The van der Waals surface area contributed by atoms with Crippen LogP contribution in [-0.4, -0.2) is 17.1 Å². The summed E-state index contributed by atoms with van der Waals surface area (Å²) in [6, 6.07) is 5.97. The molecule has 2 nitrogen and oxygen atoms in total. The third-order valence-electron chi connectivity index (χ3n) is 4.19. The Balaban J connectivity index is 1.69. The maximum Gasteiger partial charge on any atom is 0.113 e. The molecule has 1 spiro atoms. The van der Waals surface area contributed by atoms with Crippen LogP contribution in [0.2, 0.25) is 0 Å². The van der Waals surface area contributed by atoms with Crippen molar-refractivity contribution < 1.29 is 0 Å². The largest absolute Gasteiger partial charge is 0.311 e.